The number of aryl methyl sites for hydroxylation is 1. The second kappa shape index (κ2) is 4.33. The molecule has 4 nitrogen and oxygen atoms in total. The first-order chi connectivity index (χ1) is 8.02. The molecule has 0 saturated carbocycles. The molecule has 0 atom stereocenters. The molecule has 0 fully saturated rings. The van der Waals surface area contributed by atoms with Crippen LogP contribution in [0.2, 0.25) is 0 Å². The number of nitrogens with zero attached hydrogens (tertiary/aromatic N) is 2. The van der Waals surface area contributed by atoms with E-state index in [1.54, 1.807) is 6.33 Å². The largest absolute Gasteiger partial charge is 0.384 e. The highest BCUT2D eigenvalue weighted by atomic mass is 79.9. The van der Waals surface area contributed by atoms with E-state index in [4.69, 9.17) is 11.1 Å². The van der Waals surface area contributed by atoms with Crippen LogP contribution in [0.4, 0.5) is 0 Å². The van der Waals surface area contributed by atoms with E-state index in [1.807, 2.05) is 36.6 Å². The Morgan fingerprint density at radius 2 is 2.12 bits per heavy atom. The van der Waals surface area contributed by atoms with E-state index in [0.717, 1.165) is 21.5 Å². The number of benzene rings is 1. The van der Waals surface area contributed by atoms with E-state index in [9.17, 15) is 0 Å². The predicted molar refractivity (Wildman–Crippen MR) is 71.8 cm³/mol. The van der Waals surface area contributed by atoms with Crippen LogP contribution in [0, 0.1) is 19.3 Å². The molecule has 1 heterocycles. The standard InChI is InChI=1S/C12H13BrN4/c1-7-8(2)17(6-16-7)10-5-3-4-9(13)11(10)12(14)15/h3-6H,1-2H3,(H3,14,15). The number of hydrogen-bond acceptors (Lipinski definition) is 2. The van der Waals surface area contributed by atoms with Crippen LogP contribution in [-0.4, -0.2) is 15.4 Å². The third kappa shape index (κ3) is 1.98. The molecule has 0 aliphatic carbocycles. The lowest BCUT2D eigenvalue weighted by Gasteiger charge is -2.12. The van der Waals surface area contributed by atoms with Crippen LogP contribution in [-0.2, 0) is 0 Å². The Morgan fingerprint density at radius 3 is 2.65 bits per heavy atom. The zero-order valence-electron chi connectivity index (χ0n) is 9.66. The van der Waals surface area contributed by atoms with Gasteiger partial charge in [0.25, 0.3) is 0 Å². The molecule has 1 aromatic carbocycles. The van der Waals surface area contributed by atoms with Crippen molar-refractivity contribution in [3.8, 4) is 5.69 Å². The van der Waals surface area contributed by atoms with Crippen LogP contribution in [0.1, 0.15) is 17.0 Å². The van der Waals surface area contributed by atoms with Crippen LogP contribution in [0.5, 0.6) is 0 Å². The number of halogens is 1. The molecule has 88 valence electrons. The van der Waals surface area contributed by atoms with Gasteiger partial charge in [0, 0.05) is 10.2 Å². The summed E-state index contributed by atoms with van der Waals surface area (Å²) in [6.07, 6.45) is 1.75. The first kappa shape index (κ1) is 11.9. The lowest BCUT2D eigenvalue weighted by atomic mass is 10.1. The van der Waals surface area contributed by atoms with Crippen LogP contribution in [0.15, 0.2) is 29.0 Å². The molecule has 5 heteroatoms. The molecule has 0 aliphatic heterocycles. The summed E-state index contributed by atoms with van der Waals surface area (Å²) < 4.78 is 2.75. The molecule has 0 spiro atoms. The lowest BCUT2D eigenvalue weighted by molar-refractivity contribution is 0.995. The van der Waals surface area contributed by atoms with Crippen molar-refractivity contribution >= 4 is 21.8 Å². The average molecular weight is 293 g/mol. The summed E-state index contributed by atoms with van der Waals surface area (Å²) in [6, 6.07) is 5.72. The minimum Gasteiger partial charge on any atom is -0.384 e. The quantitative estimate of drug-likeness (QED) is 0.660. The Bertz CT molecular complexity index is 586. The molecule has 0 aliphatic rings. The highest BCUT2D eigenvalue weighted by molar-refractivity contribution is 9.10. The number of rotatable bonds is 2. The zero-order chi connectivity index (χ0) is 12.6. The fourth-order valence-electron chi connectivity index (χ4n) is 1.72. The molecule has 0 radical (unpaired) electrons. The summed E-state index contributed by atoms with van der Waals surface area (Å²) in [5.74, 6) is 0.0400. The molecular formula is C12H13BrN4. The van der Waals surface area contributed by atoms with Gasteiger partial charge < -0.3 is 10.3 Å². The highest BCUT2D eigenvalue weighted by Crippen LogP contribution is 2.24. The van der Waals surface area contributed by atoms with Crippen LogP contribution in [0.25, 0.3) is 5.69 Å². The smallest absolute Gasteiger partial charge is 0.126 e. The maximum Gasteiger partial charge on any atom is 0.126 e. The van der Waals surface area contributed by atoms with E-state index in [-0.39, 0.29) is 5.84 Å². The summed E-state index contributed by atoms with van der Waals surface area (Å²) in [6.45, 7) is 3.95. The van der Waals surface area contributed by atoms with Gasteiger partial charge in [-0.2, -0.15) is 0 Å². The zero-order valence-corrected chi connectivity index (χ0v) is 11.2. The molecule has 3 N–H and O–H groups in total. The van der Waals surface area contributed by atoms with Crippen molar-refractivity contribution in [3.05, 3.63) is 46.0 Å². The van der Waals surface area contributed by atoms with Gasteiger partial charge >= 0.3 is 0 Å². The Kier molecular flexibility index (Phi) is 3.02. The minimum atomic E-state index is 0.0400. The second-order valence-electron chi connectivity index (χ2n) is 3.83. The number of imidazole rings is 1. The number of amidine groups is 1. The van der Waals surface area contributed by atoms with E-state index in [0.29, 0.717) is 5.56 Å². The number of nitrogens with two attached hydrogens (primary N) is 1. The van der Waals surface area contributed by atoms with Crippen molar-refractivity contribution in [3.63, 3.8) is 0 Å². The van der Waals surface area contributed by atoms with Gasteiger partial charge in [0.15, 0.2) is 0 Å². The Labute approximate surface area is 108 Å². The normalized spacial score (nSPS) is 10.5. The van der Waals surface area contributed by atoms with E-state index < -0.39 is 0 Å². The fourth-order valence-corrected chi connectivity index (χ4v) is 2.29. The third-order valence-corrected chi connectivity index (χ3v) is 3.43. The molecule has 2 aromatic rings. The molecule has 0 bridgehead atoms. The molecule has 1 aromatic heterocycles. The first-order valence-corrected chi connectivity index (χ1v) is 5.95. The van der Waals surface area contributed by atoms with E-state index in [1.165, 1.54) is 0 Å². The molecule has 0 saturated heterocycles. The maximum absolute atomic E-state index is 7.66. The van der Waals surface area contributed by atoms with Gasteiger partial charge in [0.1, 0.15) is 5.84 Å². The van der Waals surface area contributed by atoms with E-state index >= 15 is 0 Å². The second-order valence-corrected chi connectivity index (χ2v) is 4.69. The first-order valence-electron chi connectivity index (χ1n) is 5.16. The molecule has 0 unspecified atom stereocenters. The average Bonchev–Trinajstić information content (AvgIpc) is 2.59. The third-order valence-electron chi connectivity index (χ3n) is 2.77. The van der Waals surface area contributed by atoms with Crippen LogP contribution < -0.4 is 5.73 Å². The molecule has 0 amide bonds. The molecule has 17 heavy (non-hydrogen) atoms. The van der Waals surface area contributed by atoms with Crippen molar-refractivity contribution in [1.29, 1.82) is 5.41 Å². The lowest BCUT2D eigenvalue weighted by Crippen LogP contribution is -2.15. The maximum atomic E-state index is 7.66. The van der Waals surface area contributed by atoms with Crippen molar-refractivity contribution < 1.29 is 0 Å². The molecular weight excluding hydrogens is 280 g/mol. The SMILES string of the molecule is Cc1ncn(-c2cccc(Br)c2C(=N)N)c1C. The fraction of sp³-hybridized carbons (Fsp3) is 0.167. The predicted octanol–water partition coefficient (Wildman–Crippen LogP) is 2.54. The molecule has 2 rings (SSSR count). The minimum absolute atomic E-state index is 0.0400. The van der Waals surface area contributed by atoms with Gasteiger partial charge in [-0.1, -0.05) is 6.07 Å². The van der Waals surface area contributed by atoms with Crippen LogP contribution in [0.3, 0.4) is 0 Å². The summed E-state index contributed by atoms with van der Waals surface area (Å²) >= 11 is 3.42. The number of nitrogens with one attached hydrogen (secondary N) is 1. The summed E-state index contributed by atoms with van der Waals surface area (Å²) in [7, 11) is 0. The topological polar surface area (TPSA) is 67.7 Å². The Morgan fingerprint density at radius 1 is 1.41 bits per heavy atom. The van der Waals surface area contributed by atoms with Crippen molar-refractivity contribution in [2.24, 2.45) is 5.73 Å². The Hall–Kier alpha value is -1.62. The van der Waals surface area contributed by atoms with Crippen molar-refractivity contribution in [2.75, 3.05) is 0 Å². The summed E-state index contributed by atoms with van der Waals surface area (Å²) in [5, 5.41) is 7.66. The van der Waals surface area contributed by atoms with Gasteiger partial charge in [0.2, 0.25) is 0 Å². The number of nitrogen functional groups attached to an aromatic ring is 1. The van der Waals surface area contributed by atoms with E-state index in [2.05, 4.69) is 20.9 Å². The van der Waals surface area contributed by atoms with Crippen LogP contribution >= 0.6 is 15.9 Å². The monoisotopic (exact) mass is 292 g/mol. The Balaban J connectivity index is 2.72. The number of aromatic nitrogens is 2. The van der Waals surface area contributed by atoms with Gasteiger partial charge in [-0.05, 0) is 41.9 Å². The van der Waals surface area contributed by atoms with Gasteiger partial charge in [-0.15, -0.1) is 0 Å². The van der Waals surface area contributed by atoms with Gasteiger partial charge in [0.05, 0.1) is 23.3 Å². The number of hydrogen-bond donors (Lipinski definition) is 2. The summed E-state index contributed by atoms with van der Waals surface area (Å²) in [4.78, 5) is 4.26. The van der Waals surface area contributed by atoms with Gasteiger partial charge in [-0.3, -0.25) is 5.41 Å². The van der Waals surface area contributed by atoms with Gasteiger partial charge in [-0.25, -0.2) is 4.98 Å². The highest BCUT2D eigenvalue weighted by Gasteiger charge is 2.13. The van der Waals surface area contributed by atoms with Crippen molar-refractivity contribution in [1.82, 2.24) is 9.55 Å². The van der Waals surface area contributed by atoms with Crippen molar-refractivity contribution in [2.45, 2.75) is 13.8 Å². The summed E-state index contributed by atoms with van der Waals surface area (Å²) in [5.41, 5.74) is 9.20.